The Morgan fingerprint density at radius 1 is 1.24 bits per heavy atom. The van der Waals surface area contributed by atoms with Crippen LogP contribution in [-0.2, 0) is 0 Å². The average molecular weight is 288 g/mol. The van der Waals surface area contributed by atoms with Gasteiger partial charge in [-0.1, -0.05) is 29.8 Å². The van der Waals surface area contributed by atoms with Crippen LogP contribution in [0.25, 0.3) is 0 Å². The van der Waals surface area contributed by atoms with Crippen LogP contribution in [0.2, 0.25) is 0 Å². The van der Waals surface area contributed by atoms with Gasteiger partial charge in [-0.25, -0.2) is 0 Å². The maximum atomic E-state index is 5.70. The van der Waals surface area contributed by atoms with Crippen LogP contribution < -0.4 is 10.1 Å². The van der Waals surface area contributed by atoms with Crippen molar-refractivity contribution in [2.24, 2.45) is 0 Å². The first kappa shape index (κ1) is 16.1. The van der Waals surface area contributed by atoms with Gasteiger partial charge in [-0.05, 0) is 51.9 Å². The van der Waals surface area contributed by atoms with Gasteiger partial charge in [0, 0.05) is 19.1 Å². The summed E-state index contributed by atoms with van der Waals surface area (Å²) < 4.78 is 5.70. The van der Waals surface area contributed by atoms with Gasteiger partial charge in [-0.2, -0.15) is 0 Å². The lowest BCUT2D eigenvalue weighted by Gasteiger charge is -2.31. The number of allylic oxidation sites excluding steroid dienone is 1. The summed E-state index contributed by atoms with van der Waals surface area (Å²) in [4.78, 5) is 2.53. The number of hydrogen-bond acceptors (Lipinski definition) is 3. The summed E-state index contributed by atoms with van der Waals surface area (Å²) in [7, 11) is 0. The zero-order valence-corrected chi connectivity index (χ0v) is 13.3. The number of nitrogens with one attached hydrogen (secondary N) is 1. The molecule has 0 radical (unpaired) electrons. The van der Waals surface area contributed by atoms with Gasteiger partial charge in [-0.15, -0.1) is 0 Å². The molecule has 1 heterocycles. The Labute approximate surface area is 129 Å². The number of benzene rings is 1. The Balaban J connectivity index is 1.56. The van der Waals surface area contributed by atoms with Gasteiger partial charge in [0.25, 0.3) is 0 Å². The van der Waals surface area contributed by atoms with Crippen molar-refractivity contribution in [3.05, 3.63) is 42.0 Å². The van der Waals surface area contributed by atoms with Crippen LogP contribution in [0.1, 0.15) is 26.7 Å². The highest BCUT2D eigenvalue weighted by molar-refractivity contribution is 5.20. The van der Waals surface area contributed by atoms with E-state index in [1.54, 1.807) is 0 Å². The number of rotatable bonds is 7. The second kappa shape index (κ2) is 8.85. The molecule has 1 fully saturated rings. The predicted molar refractivity (Wildman–Crippen MR) is 88.8 cm³/mol. The molecule has 1 saturated heterocycles. The number of nitrogens with zero attached hydrogens (tertiary/aromatic N) is 1. The molecule has 0 bridgehead atoms. The van der Waals surface area contributed by atoms with E-state index in [-0.39, 0.29) is 0 Å². The molecular weight excluding hydrogens is 260 g/mol. The van der Waals surface area contributed by atoms with Crippen molar-refractivity contribution in [2.45, 2.75) is 32.7 Å². The second-order valence-corrected chi connectivity index (χ2v) is 5.97. The van der Waals surface area contributed by atoms with Crippen LogP contribution >= 0.6 is 0 Å². The summed E-state index contributed by atoms with van der Waals surface area (Å²) in [6, 6.07) is 10.7. The van der Waals surface area contributed by atoms with E-state index in [1.165, 1.54) is 31.5 Å². The van der Waals surface area contributed by atoms with Gasteiger partial charge in [0.1, 0.15) is 12.4 Å². The Morgan fingerprint density at radius 3 is 2.62 bits per heavy atom. The fourth-order valence-electron chi connectivity index (χ4n) is 2.58. The molecule has 1 aromatic carbocycles. The van der Waals surface area contributed by atoms with Gasteiger partial charge in [-0.3, -0.25) is 4.90 Å². The van der Waals surface area contributed by atoms with Gasteiger partial charge in [0.05, 0.1) is 0 Å². The van der Waals surface area contributed by atoms with E-state index in [1.807, 2.05) is 30.3 Å². The smallest absolute Gasteiger partial charge is 0.119 e. The van der Waals surface area contributed by atoms with Crippen LogP contribution in [0.4, 0.5) is 0 Å². The lowest BCUT2D eigenvalue weighted by atomic mass is 10.1. The van der Waals surface area contributed by atoms with E-state index >= 15 is 0 Å². The quantitative estimate of drug-likeness (QED) is 0.616. The highest BCUT2D eigenvalue weighted by atomic mass is 16.5. The third-order valence-electron chi connectivity index (χ3n) is 3.89. The standard InChI is InChI=1S/C18H28N2O/c1-16(2)8-12-20-13-9-17(10-14-20)19-11-15-21-18-6-4-3-5-7-18/h3-8,17,19H,9-15H2,1-2H3. The molecule has 116 valence electrons. The Bertz CT molecular complexity index is 418. The van der Waals surface area contributed by atoms with Crippen LogP contribution in [-0.4, -0.2) is 43.7 Å². The Morgan fingerprint density at radius 2 is 1.95 bits per heavy atom. The number of hydrogen-bond donors (Lipinski definition) is 1. The fraction of sp³-hybridized carbons (Fsp3) is 0.556. The van der Waals surface area contributed by atoms with Crippen LogP contribution in [0.15, 0.2) is 42.0 Å². The number of ether oxygens (including phenoxy) is 1. The van der Waals surface area contributed by atoms with Crippen LogP contribution in [0.3, 0.4) is 0 Å². The lowest BCUT2D eigenvalue weighted by Crippen LogP contribution is -2.43. The van der Waals surface area contributed by atoms with Crippen LogP contribution in [0.5, 0.6) is 5.75 Å². The van der Waals surface area contributed by atoms with Crippen molar-refractivity contribution in [1.29, 1.82) is 0 Å². The molecular formula is C18H28N2O. The van der Waals surface area contributed by atoms with E-state index in [9.17, 15) is 0 Å². The summed E-state index contributed by atoms with van der Waals surface area (Å²) in [6.45, 7) is 9.49. The minimum Gasteiger partial charge on any atom is -0.492 e. The molecule has 0 atom stereocenters. The fourth-order valence-corrected chi connectivity index (χ4v) is 2.58. The summed E-state index contributed by atoms with van der Waals surface area (Å²) in [5, 5.41) is 3.61. The summed E-state index contributed by atoms with van der Waals surface area (Å²) in [6.07, 6.45) is 4.80. The zero-order valence-electron chi connectivity index (χ0n) is 13.3. The summed E-state index contributed by atoms with van der Waals surface area (Å²) >= 11 is 0. The Hall–Kier alpha value is -1.32. The maximum Gasteiger partial charge on any atom is 0.119 e. The maximum absolute atomic E-state index is 5.70. The first-order valence-electron chi connectivity index (χ1n) is 8.01. The molecule has 1 aromatic rings. The van der Waals surface area contributed by atoms with E-state index < -0.39 is 0 Å². The molecule has 3 heteroatoms. The molecule has 1 N–H and O–H groups in total. The number of likely N-dealkylation sites (tertiary alicyclic amines) is 1. The molecule has 0 aliphatic carbocycles. The third kappa shape index (κ3) is 6.32. The molecule has 1 aliphatic heterocycles. The van der Waals surface area contributed by atoms with Crippen molar-refractivity contribution < 1.29 is 4.74 Å². The second-order valence-electron chi connectivity index (χ2n) is 5.97. The van der Waals surface area contributed by atoms with Gasteiger partial charge in [0.15, 0.2) is 0 Å². The first-order valence-corrected chi connectivity index (χ1v) is 8.01. The van der Waals surface area contributed by atoms with Gasteiger partial charge < -0.3 is 10.1 Å². The van der Waals surface area contributed by atoms with E-state index in [0.29, 0.717) is 6.04 Å². The van der Waals surface area contributed by atoms with Crippen molar-refractivity contribution in [3.8, 4) is 5.75 Å². The largest absolute Gasteiger partial charge is 0.492 e. The highest BCUT2D eigenvalue weighted by Crippen LogP contribution is 2.11. The SMILES string of the molecule is CC(C)=CCN1CCC(NCCOc2ccccc2)CC1. The number of para-hydroxylation sites is 1. The van der Waals surface area contributed by atoms with Crippen LogP contribution in [0, 0.1) is 0 Å². The first-order chi connectivity index (χ1) is 10.2. The normalized spacial score (nSPS) is 16.7. The summed E-state index contributed by atoms with van der Waals surface area (Å²) in [5.74, 6) is 0.954. The van der Waals surface area contributed by atoms with Crippen molar-refractivity contribution in [3.63, 3.8) is 0 Å². The molecule has 2 rings (SSSR count). The van der Waals surface area contributed by atoms with Gasteiger partial charge >= 0.3 is 0 Å². The summed E-state index contributed by atoms with van der Waals surface area (Å²) in [5.41, 5.74) is 1.41. The molecule has 0 aromatic heterocycles. The monoisotopic (exact) mass is 288 g/mol. The predicted octanol–water partition coefficient (Wildman–Crippen LogP) is 3.09. The van der Waals surface area contributed by atoms with Gasteiger partial charge in [0.2, 0.25) is 0 Å². The molecule has 0 saturated carbocycles. The highest BCUT2D eigenvalue weighted by Gasteiger charge is 2.17. The molecule has 21 heavy (non-hydrogen) atoms. The number of piperidine rings is 1. The van der Waals surface area contributed by atoms with E-state index in [2.05, 4.69) is 30.1 Å². The topological polar surface area (TPSA) is 24.5 Å². The van der Waals surface area contributed by atoms with Crippen molar-refractivity contribution in [2.75, 3.05) is 32.8 Å². The van der Waals surface area contributed by atoms with E-state index in [0.717, 1.165) is 25.4 Å². The molecule has 0 unspecified atom stereocenters. The average Bonchev–Trinajstić information content (AvgIpc) is 2.52. The minimum absolute atomic E-state index is 0.646. The van der Waals surface area contributed by atoms with E-state index in [4.69, 9.17) is 4.74 Å². The minimum atomic E-state index is 0.646. The molecule has 3 nitrogen and oxygen atoms in total. The third-order valence-corrected chi connectivity index (χ3v) is 3.89. The van der Waals surface area contributed by atoms with Crippen molar-refractivity contribution >= 4 is 0 Å². The zero-order chi connectivity index (χ0) is 14.9. The molecule has 0 spiro atoms. The molecule has 1 aliphatic rings. The molecule has 0 amide bonds. The van der Waals surface area contributed by atoms with Crippen molar-refractivity contribution in [1.82, 2.24) is 10.2 Å². The lowest BCUT2D eigenvalue weighted by molar-refractivity contribution is 0.208. The Kier molecular flexibility index (Phi) is 6.77.